The number of benzene rings is 1. The van der Waals surface area contributed by atoms with Crippen LogP contribution in [0.4, 0.5) is 0 Å². The molecule has 0 saturated heterocycles. The number of aromatic nitrogens is 2. The first kappa shape index (κ1) is 10.1. The quantitative estimate of drug-likeness (QED) is 0.578. The molecule has 0 aliphatic rings. The van der Waals surface area contributed by atoms with E-state index in [0.717, 1.165) is 11.2 Å². The first-order valence-corrected chi connectivity index (χ1v) is 6.26. The molecule has 0 amide bonds. The first-order chi connectivity index (χ1) is 7.68. The average molecular weight is 322 g/mol. The van der Waals surface area contributed by atoms with Gasteiger partial charge in [-0.1, -0.05) is 18.2 Å². The van der Waals surface area contributed by atoms with Gasteiger partial charge in [-0.05, 0) is 47.2 Å². The van der Waals surface area contributed by atoms with E-state index in [-0.39, 0.29) is 0 Å². The van der Waals surface area contributed by atoms with Gasteiger partial charge in [-0.25, -0.2) is 4.98 Å². The Kier molecular flexibility index (Phi) is 2.17. The molecule has 0 radical (unpaired) electrons. The first-order valence-electron chi connectivity index (χ1n) is 5.19. The number of aryl methyl sites for hydroxylation is 2. The third-order valence-electron chi connectivity index (χ3n) is 3.03. The highest BCUT2D eigenvalue weighted by Gasteiger charge is 2.11. The molecule has 0 bridgehead atoms. The standard InChI is InChI=1S/C13H11IN2/c1-8-10-7-9-5-3-4-6-11(9)15-13(10)16(2)12(8)14/h3-7H,1-2H3. The lowest BCUT2D eigenvalue weighted by Gasteiger charge is -1.99. The van der Waals surface area contributed by atoms with Crippen LogP contribution >= 0.6 is 22.6 Å². The van der Waals surface area contributed by atoms with Crippen LogP contribution in [0.2, 0.25) is 0 Å². The second-order valence-electron chi connectivity index (χ2n) is 4.03. The van der Waals surface area contributed by atoms with Crippen LogP contribution in [-0.4, -0.2) is 9.55 Å². The number of hydrogen-bond acceptors (Lipinski definition) is 1. The minimum absolute atomic E-state index is 1.06. The Morgan fingerprint density at radius 1 is 1.25 bits per heavy atom. The second-order valence-corrected chi connectivity index (χ2v) is 5.05. The molecule has 0 N–H and O–H groups in total. The summed E-state index contributed by atoms with van der Waals surface area (Å²) < 4.78 is 3.41. The maximum Gasteiger partial charge on any atom is 0.141 e. The van der Waals surface area contributed by atoms with E-state index in [9.17, 15) is 0 Å². The topological polar surface area (TPSA) is 17.8 Å². The van der Waals surface area contributed by atoms with Crippen LogP contribution in [-0.2, 0) is 7.05 Å². The van der Waals surface area contributed by atoms with E-state index in [1.54, 1.807) is 0 Å². The molecule has 0 unspecified atom stereocenters. The average Bonchev–Trinajstić information content (AvgIpc) is 2.52. The van der Waals surface area contributed by atoms with Gasteiger partial charge in [0, 0.05) is 17.8 Å². The van der Waals surface area contributed by atoms with Crippen LogP contribution in [0.1, 0.15) is 5.56 Å². The number of fused-ring (bicyclic) bond motifs is 2. The molecule has 1 aromatic carbocycles. The van der Waals surface area contributed by atoms with E-state index in [4.69, 9.17) is 4.98 Å². The summed E-state index contributed by atoms with van der Waals surface area (Å²) in [5.74, 6) is 0. The van der Waals surface area contributed by atoms with Crippen molar-refractivity contribution in [1.29, 1.82) is 0 Å². The molecule has 0 saturated carbocycles. The number of para-hydroxylation sites is 1. The molecule has 0 aliphatic heterocycles. The predicted octanol–water partition coefficient (Wildman–Crippen LogP) is 3.64. The summed E-state index contributed by atoms with van der Waals surface area (Å²) in [6.45, 7) is 2.15. The zero-order valence-corrected chi connectivity index (χ0v) is 11.3. The van der Waals surface area contributed by atoms with Gasteiger partial charge in [0.1, 0.15) is 5.65 Å². The number of nitrogens with zero attached hydrogens (tertiary/aromatic N) is 2. The summed E-state index contributed by atoms with van der Waals surface area (Å²) in [4.78, 5) is 4.72. The molecule has 0 fully saturated rings. The van der Waals surface area contributed by atoms with Gasteiger partial charge in [0.15, 0.2) is 0 Å². The van der Waals surface area contributed by atoms with E-state index in [1.165, 1.54) is 20.0 Å². The highest BCUT2D eigenvalue weighted by atomic mass is 127. The molecule has 0 aliphatic carbocycles. The van der Waals surface area contributed by atoms with Crippen molar-refractivity contribution in [2.75, 3.05) is 0 Å². The Morgan fingerprint density at radius 2 is 2.00 bits per heavy atom. The summed E-state index contributed by atoms with van der Waals surface area (Å²) in [6, 6.07) is 10.5. The Bertz CT molecular complexity index is 639. The summed E-state index contributed by atoms with van der Waals surface area (Å²) in [5.41, 5.74) is 3.45. The Morgan fingerprint density at radius 3 is 2.81 bits per heavy atom. The van der Waals surface area contributed by atoms with Crippen molar-refractivity contribution in [3.63, 3.8) is 0 Å². The normalized spacial score (nSPS) is 11.4. The fraction of sp³-hybridized carbons (Fsp3) is 0.154. The van der Waals surface area contributed by atoms with Gasteiger partial charge in [0.05, 0.1) is 9.22 Å². The van der Waals surface area contributed by atoms with Gasteiger partial charge in [0.2, 0.25) is 0 Å². The molecular formula is C13H11IN2. The molecule has 2 heterocycles. The van der Waals surface area contributed by atoms with E-state index < -0.39 is 0 Å². The maximum absolute atomic E-state index is 4.72. The molecule has 2 aromatic heterocycles. The lowest BCUT2D eigenvalue weighted by Crippen LogP contribution is -1.92. The van der Waals surface area contributed by atoms with Crippen LogP contribution in [0.3, 0.4) is 0 Å². The summed E-state index contributed by atoms with van der Waals surface area (Å²) in [6.07, 6.45) is 0. The molecule has 3 aromatic rings. The summed E-state index contributed by atoms with van der Waals surface area (Å²) in [7, 11) is 2.07. The Labute approximate surface area is 107 Å². The largest absolute Gasteiger partial charge is 0.324 e. The van der Waals surface area contributed by atoms with Crippen molar-refractivity contribution in [2.24, 2.45) is 7.05 Å². The minimum atomic E-state index is 1.06. The van der Waals surface area contributed by atoms with E-state index >= 15 is 0 Å². The third kappa shape index (κ3) is 1.27. The molecule has 16 heavy (non-hydrogen) atoms. The zero-order chi connectivity index (χ0) is 11.3. The Balaban J connectivity index is 2.56. The molecule has 3 heteroatoms. The van der Waals surface area contributed by atoms with Crippen LogP contribution in [0.5, 0.6) is 0 Å². The van der Waals surface area contributed by atoms with Crippen molar-refractivity contribution in [1.82, 2.24) is 9.55 Å². The smallest absolute Gasteiger partial charge is 0.141 e. The van der Waals surface area contributed by atoms with Crippen molar-refractivity contribution in [3.05, 3.63) is 39.6 Å². The van der Waals surface area contributed by atoms with Crippen LogP contribution in [0, 0.1) is 10.6 Å². The summed E-state index contributed by atoms with van der Waals surface area (Å²) in [5, 5.41) is 2.46. The van der Waals surface area contributed by atoms with Crippen LogP contribution in [0.25, 0.3) is 21.9 Å². The van der Waals surface area contributed by atoms with Crippen molar-refractivity contribution in [2.45, 2.75) is 6.92 Å². The minimum Gasteiger partial charge on any atom is -0.324 e. The van der Waals surface area contributed by atoms with Crippen LogP contribution < -0.4 is 0 Å². The van der Waals surface area contributed by atoms with E-state index in [2.05, 4.69) is 65.4 Å². The Hall–Kier alpha value is -1.10. The molecular weight excluding hydrogens is 311 g/mol. The molecule has 80 valence electrons. The number of pyridine rings is 1. The number of halogens is 1. The zero-order valence-electron chi connectivity index (χ0n) is 9.16. The fourth-order valence-corrected chi connectivity index (χ4v) is 2.61. The maximum atomic E-state index is 4.72. The van der Waals surface area contributed by atoms with Gasteiger partial charge in [-0.3, -0.25) is 0 Å². The van der Waals surface area contributed by atoms with Gasteiger partial charge >= 0.3 is 0 Å². The van der Waals surface area contributed by atoms with Crippen molar-refractivity contribution in [3.8, 4) is 0 Å². The highest BCUT2D eigenvalue weighted by Crippen LogP contribution is 2.27. The predicted molar refractivity (Wildman–Crippen MR) is 75.7 cm³/mol. The lowest BCUT2D eigenvalue weighted by atomic mass is 10.1. The lowest BCUT2D eigenvalue weighted by molar-refractivity contribution is 0.916. The fourth-order valence-electron chi connectivity index (χ4n) is 2.09. The second kappa shape index (κ2) is 3.45. The molecule has 0 atom stereocenters. The van der Waals surface area contributed by atoms with Crippen molar-refractivity contribution < 1.29 is 0 Å². The van der Waals surface area contributed by atoms with Crippen molar-refractivity contribution >= 4 is 44.5 Å². The summed E-state index contributed by atoms with van der Waals surface area (Å²) >= 11 is 2.37. The van der Waals surface area contributed by atoms with Gasteiger partial charge in [-0.2, -0.15) is 0 Å². The van der Waals surface area contributed by atoms with Crippen LogP contribution in [0.15, 0.2) is 30.3 Å². The van der Waals surface area contributed by atoms with Gasteiger partial charge < -0.3 is 4.57 Å². The third-order valence-corrected chi connectivity index (χ3v) is 4.56. The van der Waals surface area contributed by atoms with Gasteiger partial charge in [-0.15, -0.1) is 0 Å². The number of rotatable bonds is 0. The molecule has 3 rings (SSSR count). The molecule has 2 nitrogen and oxygen atoms in total. The van der Waals surface area contributed by atoms with E-state index in [0.29, 0.717) is 0 Å². The number of hydrogen-bond donors (Lipinski definition) is 0. The molecule has 0 spiro atoms. The SMILES string of the molecule is Cc1c(I)n(C)c2nc3ccccc3cc12. The monoisotopic (exact) mass is 322 g/mol. The van der Waals surface area contributed by atoms with Gasteiger partial charge in [0.25, 0.3) is 0 Å². The van der Waals surface area contributed by atoms with E-state index in [1.807, 2.05) is 6.07 Å². The highest BCUT2D eigenvalue weighted by molar-refractivity contribution is 14.1.